The molecule has 0 aliphatic rings. The lowest BCUT2D eigenvalue weighted by Gasteiger charge is -2.02. The van der Waals surface area contributed by atoms with Crippen LogP contribution < -0.4 is 0 Å². The van der Waals surface area contributed by atoms with Gasteiger partial charge in [-0.25, -0.2) is 4.98 Å². The van der Waals surface area contributed by atoms with E-state index in [2.05, 4.69) is 32.4 Å². The predicted molar refractivity (Wildman–Crippen MR) is 74.3 cm³/mol. The van der Waals surface area contributed by atoms with Gasteiger partial charge in [0.1, 0.15) is 0 Å². The molecule has 2 heterocycles. The summed E-state index contributed by atoms with van der Waals surface area (Å²) in [4.78, 5) is 5.68. The van der Waals surface area contributed by atoms with Gasteiger partial charge in [0.15, 0.2) is 5.16 Å². The summed E-state index contributed by atoms with van der Waals surface area (Å²) in [6.45, 7) is 0. The van der Waals surface area contributed by atoms with Crippen molar-refractivity contribution in [1.82, 2.24) is 9.55 Å². The van der Waals surface area contributed by atoms with Crippen LogP contribution in [0.1, 0.15) is 10.6 Å². The molecule has 0 aliphatic carbocycles. The lowest BCUT2D eigenvalue weighted by Crippen LogP contribution is -1.95. The standard InChI is InChI=1S/C10H10BrClN2S2/c1-14-7(4-12)5-13-10(14)16-6-9-8(11)2-3-15-9/h2-3,5H,4,6H2,1H3. The maximum Gasteiger partial charge on any atom is 0.168 e. The third-order valence-electron chi connectivity index (χ3n) is 2.20. The topological polar surface area (TPSA) is 17.8 Å². The van der Waals surface area contributed by atoms with Gasteiger partial charge in [0.2, 0.25) is 0 Å². The van der Waals surface area contributed by atoms with Crippen LogP contribution in [-0.2, 0) is 18.7 Å². The Morgan fingerprint density at radius 1 is 1.62 bits per heavy atom. The number of nitrogens with zero attached hydrogens (tertiary/aromatic N) is 2. The molecule has 86 valence electrons. The van der Waals surface area contributed by atoms with E-state index in [1.807, 2.05) is 17.8 Å². The summed E-state index contributed by atoms with van der Waals surface area (Å²) in [7, 11) is 2.00. The van der Waals surface area contributed by atoms with E-state index in [1.54, 1.807) is 23.1 Å². The van der Waals surface area contributed by atoms with Gasteiger partial charge in [-0.2, -0.15) is 0 Å². The molecule has 0 unspecified atom stereocenters. The Morgan fingerprint density at radius 3 is 3.00 bits per heavy atom. The van der Waals surface area contributed by atoms with Crippen molar-refractivity contribution in [3.05, 3.63) is 32.7 Å². The summed E-state index contributed by atoms with van der Waals surface area (Å²) < 4.78 is 3.22. The van der Waals surface area contributed by atoms with E-state index in [1.165, 1.54) is 9.35 Å². The highest BCUT2D eigenvalue weighted by molar-refractivity contribution is 9.10. The second-order valence-electron chi connectivity index (χ2n) is 3.21. The fraction of sp³-hybridized carbons (Fsp3) is 0.300. The van der Waals surface area contributed by atoms with Crippen molar-refractivity contribution in [2.24, 2.45) is 7.05 Å². The zero-order valence-corrected chi connectivity index (χ0v) is 12.6. The molecule has 2 nitrogen and oxygen atoms in total. The average Bonchev–Trinajstić information content (AvgIpc) is 2.83. The second-order valence-corrected chi connectivity index (χ2v) is 6.27. The number of alkyl halides is 1. The van der Waals surface area contributed by atoms with Gasteiger partial charge in [-0.1, -0.05) is 11.8 Å². The minimum absolute atomic E-state index is 0.507. The summed E-state index contributed by atoms with van der Waals surface area (Å²) in [6, 6.07) is 2.07. The number of hydrogen-bond donors (Lipinski definition) is 0. The molecular weight excluding hydrogens is 328 g/mol. The molecule has 0 fully saturated rings. The maximum absolute atomic E-state index is 5.79. The molecule has 0 saturated heterocycles. The van der Waals surface area contributed by atoms with Gasteiger partial charge in [-0.05, 0) is 27.4 Å². The molecule has 0 saturated carbocycles. The normalized spacial score (nSPS) is 10.9. The fourth-order valence-electron chi connectivity index (χ4n) is 1.24. The Labute approximate surface area is 116 Å². The molecule has 2 aromatic rings. The van der Waals surface area contributed by atoms with Gasteiger partial charge in [0, 0.05) is 22.2 Å². The number of halogens is 2. The van der Waals surface area contributed by atoms with Crippen molar-refractivity contribution in [3.8, 4) is 0 Å². The van der Waals surface area contributed by atoms with Crippen LogP contribution in [-0.4, -0.2) is 9.55 Å². The van der Waals surface area contributed by atoms with E-state index in [4.69, 9.17) is 11.6 Å². The van der Waals surface area contributed by atoms with Gasteiger partial charge in [-0.15, -0.1) is 22.9 Å². The number of aromatic nitrogens is 2. The van der Waals surface area contributed by atoms with Gasteiger partial charge in [0.25, 0.3) is 0 Å². The van der Waals surface area contributed by atoms with Crippen LogP contribution in [0.15, 0.2) is 27.3 Å². The summed E-state index contributed by atoms with van der Waals surface area (Å²) in [6.07, 6.45) is 1.83. The van der Waals surface area contributed by atoms with E-state index < -0.39 is 0 Å². The van der Waals surface area contributed by atoms with E-state index >= 15 is 0 Å². The van der Waals surface area contributed by atoms with Crippen LogP contribution in [0, 0.1) is 0 Å². The lowest BCUT2D eigenvalue weighted by molar-refractivity contribution is 0.761. The first-order valence-corrected chi connectivity index (χ1v) is 7.83. The monoisotopic (exact) mass is 336 g/mol. The van der Waals surface area contributed by atoms with Crippen LogP contribution in [0.2, 0.25) is 0 Å². The first-order chi connectivity index (χ1) is 7.72. The molecule has 0 radical (unpaired) electrons. The zero-order valence-electron chi connectivity index (χ0n) is 8.61. The van der Waals surface area contributed by atoms with Gasteiger partial charge in [0.05, 0.1) is 17.8 Å². The highest BCUT2D eigenvalue weighted by Gasteiger charge is 2.08. The summed E-state index contributed by atoms with van der Waals surface area (Å²) >= 11 is 12.8. The number of thiophene rings is 1. The molecule has 0 amide bonds. The maximum atomic E-state index is 5.79. The summed E-state index contributed by atoms with van der Waals surface area (Å²) in [5, 5.41) is 3.10. The van der Waals surface area contributed by atoms with E-state index in [0.717, 1.165) is 16.6 Å². The highest BCUT2D eigenvalue weighted by atomic mass is 79.9. The minimum Gasteiger partial charge on any atom is -0.325 e. The van der Waals surface area contributed by atoms with Crippen LogP contribution in [0.25, 0.3) is 0 Å². The summed E-state index contributed by atoms with van der Waals surface area (Å²) in [5.41, 5.74) is 1.05. The third kappa shape index (κ3) is 2.64. The smallest absolute Gasteiger partial charge is 0.168 e. The van der Waals surface area contributed by atoms with Crippen LogP contribution in [0.5, 0.6) is 0 Å². The van der Waals surface area contributed by atoms with Crippen LogP contribution >= 0.6 is 50.6 Å². The van der Waals surface area contributed by atoms with Crippen molar-refractivity contribution < 1.29 is 0 Å². The quantitative estimate of drug-likeness (QED) is 0.612. The zero-order chi connectivity index (χ0) is 11.5. The Balaban J connectivity index is 2.05. The van der Waals surface area contributed by atoms with Gasteiger partial charge in [-0.3, -0.25) is 0 Å². The SMILES string of the molecule is Cn1c(CCl)cnc1SCc1sccc1Br. The van der Waals surface area contributed by atoms with Crippen molar-refractivity contribution in [3.63, 3.8) is 0 Å². The van der Waals surface area contributed by atoms with E-state index in [0.29, 0.717) is 5.88 Å². The number of rotatable bonds is 4. The van der Waals surface area contributed by atoms with Crippen molar-refractivity contribution in [2.75, 3.05) is 0 Å². The largest absolute Gasteiger partial charge is 0.325 e. The van der Waals surface area contributed by atoms with E-state index in [9.17, 15) is 0 Å². The fourth-order valence-corrected chi connectivity index (χ4v) is 4.26. The minimum atomic E-state index is 0.507. The molecule has 6 heteroatoms. The molecule has 2 rings (SSSR count). The average molecular weight is 338 g/mol. The summed E-state index contributed by atoms with van der Waals surface area (Å²) in [5.74, 6) is 1.44. The number of thioether (sulfide) groups is 1. The molecule has 0 N–H and O–H groups in total. The van der Waals surface area contributed by atoms with Crippen molar-refractivity contribution in [1.29, 1.82) is 0 Å². The Morgan fingerprint density at radius 2 is 2.44 bits per heavy atom. The van der Waals surface area contributed by atoms with Gasteiger partial charge >= 0.3 is 0 Å². The number of imidazole rings is 1. The molecule has 2 aromatic heterocycles. The van der Waals surface area contributed by atoms with Gasteiger partial charge < -0.3 is 4.57 Å². The molecule has 0 bridgehead atoms. The molecule has 0 aromatic carbocycles. The van der Waals surface area contributed by atoms with Crippen LogP contribution in [0.4, 0.5) is 0 Å². The molecular formula is C10H10BrClN2S2. The number of hydrogen-bond acceptors (Lipinski definition) is 3. The third-order valence-corrected chi connectivity index (χ3v) is 5.66. The molecule has 0 aliphatic heterocycles. The van der Waals surface area contributed by atoms with E-state index in [-0.39, 0.29) is 0 Å². The molecule has 16 heavy (non-hydrogen) atoms. The van der Waals surface area contributed by atoms with Crippen molar-refractivity contribution >= 4 is 50.6 Å². The second kappa shape index (κ2) is 5.58. The highest BCUT2D eigenvalue weighted by Crippen LogP contribution is 2.30. The van der Waals surface area contributed by atoms with Crippen molar-refractivity contribution in [2.45, 2.75) is 16.8 Å². The Hall–Kier alpha value is 0.0300. The first-order valence-electron chi connectivity index (χ1n) is 4.63. The Kier molecular flexibility index (Phi) is 4.35. The van der Waals surface area contributed by atoms with Crippen LogP contribution in [0.3, 0.4) is 0 Å². The Bertz CT molecular complexity index is 481. The lowest BCUT2D eigenvalue weighted by atomic mass is 10.5. The molecule has 0 atom stereocenters. The first kappa shape index (κ1) is 12.5. The predicted octanol–water partition coefficient (Wildman–Crippen LogP) is 4.28. The molecule has 0 spiro atoms.